The van der Waals surface area contributed by atoms with Crippen molar-refractivity contribution in [1.29, 1.82) is 0 Å². The predicted molar refractivity (Wildman–Crippen MR) is 85.7 cm³/mol. The summed E-state index contributed by atoms with van der Waals surface area (Å²) < 4.78 is 0. The van der Waals surface area contributed by atoms with Crippen LogP contribution in [-0.2, 0) is 4.79 Å². The molecule has 1 aromatic carbocycles. The third-order valence-electron chi connectivity index (χ3n) is 3.24. The predicted octanol–water partition coefficient (Wildman–Crippen LogP) is 2.59. The van der Waals surface area contributed by atoms with Crippen LogP contribution in [0.15, 0.2) is 24.3 Å². The van der Waals surface area contributed by atoms with Gasteiger partial charge in [0.25, 0.3) is 0 Å². The van der Waals surface area contributed by atoms with Crippen LogP contribution in [0.2, 0.25) is 5.15 Å². The number of carbonyl (C=O) groups is 1. The van der Waals surface area contributed by atoms with E-state index in [1.807, 2.05) is 29.2 Å². The SMILES string of the molecule is CCCN(CC(=O)N(C)C)c1nnc(Cl)c2ccccc12. The van der Waals surface area contributed by atoms with Crippen LogP contribution in [0.25, 0.3) is 10.8 Å². The van der Waals surface area contributed by atoms with E-state index in [4.69, 9.17) is 11.6 Å². The molecule has 0 bridgehead atoms. The Hall–Kier alpha value is -1.88. The number of hydrogen-bond donors (Lipinski definition) is 0. The summed E-state index contributed by atoms with van der Waals surface area (Å²) >= 11 is 6.10. The largest absolute Gasteiger partial charge is 0.347 e. The molecule has 5 nitrogen and oxygen atoms in total. The van der Waals surface area contributed by atoms with Crippen LogP contribution in [0.1, 0.15) is 13.3 Å². The van der Waals surface area contributed by atoms with Crippen LogP contribution in [0.5, 0.6) is 0 Å². The Kier molecular flexibility index (Phi) is 4.96. The van der Waals surface area contributed by atoms with E-state index in [0.29, 0.717) is 11.0 Å². The molecule has 0 spiro atoms. The number of benzene rings is 1. The lowest BCUT2D eigenvalue weighted by atomic mass is 10.2. The van der Waals surface area contributed by atoms with Gasteiger partial charge in [0.1, 0.15) is 0 Å². The number of rotatable bonds is 5. The normalized spacial score (nSPS) is 10.7. The number of likely N-dealkylation sites (N-methyl/N-ethyl adjacent to an activating group) is 1. The lowest BCUT2D eigenvalue weighted by molar-refractivity contribution is -0.127. The maximum absolute atomic E-state index is 12.0. The first kappa shape index (κ1) is 15.5. The molecule has 2 aromatic rings. The fourth-order valence-corrected chi connectivity index (χ4v) is 2.33. The topological polar surface area (TPSA) is 49.3 Å². The van der Waals surface area contributed by atoms with Gasteiger partial charge in [-0.25, -0.2) is 0 Å². The van der Waals surface area contributed by atoms with Gasteiger partial charge in [-0.2, -0.15) is 0 Å². The van der Waals surface area contributed by atoms with E-state index in [9.17, 15) is 4.79 Å². The van der Waals surface area contributed by atoms with Crippen molar-refractivity contribution in [2.75, 3.05) is 32.1 Å². The zero-order valence-corrected chi connectivity index (χ0v) is 13.3. The lowest BCUT2D eigenvalue weighted by Gasteiger charge is -2.25. The van der Waals surface area contributed by atoms with Crippen LogP contribution in [0.4, 0.5) is 5.82 Å². The molecule has 0 atom stereocenters. The van der Waals surface area contributed by atoms with Crippen LogP contribution in [0, 0.1) is 0 Å². The van der Waals surface area contributed by atoms with Gasteiger partial charge in [0.2, 0.25) is 5.91 Å². The maximum atomic E-state index is 12.0. The van der Waals surface area contributed by atoms with E-state index in [-0.39, 0.29) is 12.5 Å². The number of hydrogen-bond acceptors (Lipinski definition) is 4. The highest BCUT2D eigenvalue weighted by molar-refractivity contribution is 6.34. The minimum Gasteiger partial charge on any atom is -0.347 e. The quantitative estimate of drug-likeness (QED) is 0.852. The van der Waals surface area contributed by atoms with E-state index >= 15 is 0 Å². The van der Waals surface area contributed by atoms with Gasteiger partial charge in [0.15, 0.2) is 11.0 Å². The number of amides is 1. The minimum absolute atomic E-state index is 0.0317. The molecule has 0 aliphatic heterocycles. The second-order valence-corrected chi connectivity index (χ2v) is 5.43. The van der Waals surface area contributed by atoms with Crippen molar-refractivity contribution in [2.24, 2.45) is 0 Å². The number of halogens is 1. The van der Waals surface area contributed by atoms with Crippen molar-refractivity contribution in [3.05, 3.63) is 29.4 Å². The Bertz CT molecular complexity index is 645. The second kappa shape index (κ2) is 6.72. The van der Waals surface area contributed by atoms with Crippen molar-refractivity contribution in [3.8, 4) is 0 Å². The Morgan fingerprint density at radius 3 is 2.48 bits per heavy atom. The molecule has 0 aliphatic rings. The van der Waals surface area contributed by atoms with Crippen LogP contribution < -0.4 is 4.90 Å². The molecule has 0 N–H and O–H groups in total. The Morgan fingerprint density at radius 1 is 1.19 bits per heavy atom. The first-order chi connectivity index (χ1) is 10.0. The summed E-state index contributed by atoms with van der Waals surface area (Å²) in [6.07, 6.45) is 0.916. The smallest absolute Gasteiger partial charge is 0.241 e. The van der Waals surface area contributed by atoms with Crippen LogP contribution in [0.3, 0.4) is 0 Å². The molecule has 0 saturated heterocycles. The molecule has 21 heavy (non-hydrogen) atoms. The zero-order chi connectivity index (χ0) is 15.4. The molecular weight excluding hydrogens is 288 g/mol. The number of anilines is 1. The molecular formula is C15H19ClN4O. The van der Waals surface area contributed by atoms with E-state index < -0.39 is 0 Å². The molecule has 0 saturated carbocycles. The van der Waals surface area contributed by atoms with Crippen molar-refractivity contribution in [2.45, 2.75) is 13.3 Å². The Morgan fingerprint density at radius 2 is 1.86 bits per heavy atom. The fourth-order valence-electron chi connectivity index (χ4n) is 2.13. The highest BCUT2D eigenvalue weighted by atomic mass is 35.5. The average Bonchev–Trinajstić information content (AvgIpc) is 2.47. The van der Waals surface area contributed by atoms with Crippen molar-refractivity contribution in [1.82, 2.24) is 15.1 Å². The molecule has 1 amide bonds. The van der Waals surface area contributed by atoms with Crippen molar-refractivity contribution < 1.29 is 4.79 Å². The van der Waals surface area contributed by atoms with Gasteiger partial charge in [-0.05, 0) is 6.42 Å². The van der Waals surface area contributed by atoms with Gasteiger partial charge >= 0.3 is 0 Å². The van der Waals surface area contributed by atoms with Gasteiger partial charge < -0.3 is 9.80 Å². The first-order valence-electron chi connectivity index (χ1n) is 6.90. The van der Waals surface area contributed by atoms with Crippen molar-refractivity contribution in [3.63, 3.8) is 0 Å². The molecule has 0 unspecified atom stereocenters. The summed E-state index contributed by atoms with van der Waals surface area (Å²) in [6.45, 7) is 3.08. The lowest BCUT2D eigenvalue weighted by Crippen LogP contribution is -2.37. The van der Waals surface area contributed by atoms with E-state index in [0.717, 1.165) is 23.7 Å². The zero-order valence-electron chi connectivity index (χ0n) is 12.5. The highest BCUT2D eigenvalue weighted by Gasteiger charge is 2.17. The van der Waals surface area contributed by atoms with Gasteiger partial charge in [-0.3, -0.25) is 4.79 Å². The summed E-state index contributed by atoms with van der Waals surface area (Å²) in [5.74, 6) is 0.733. The Balaban J connectivity index is 2.45. The van der Waals surface area contributed by atoms with E-state index in [1.54, 1.807) is 19.0 Å². The van der Waals surface area contributed by atoms with Crippen molar-refractivity contribution >= 4 is 34.1 Å². The van der Waals surface area contributed by atoms with E-state index in [1.165, 1.54) is 0 Å². The van der Waals surface area contributed by atoms with Crippen LogP contribution in [-0.4, -0.2) is 48.2 Å². The van der Waals surface area contributed by atoms with E-state index in [2.05, 4.69) is 17.1 Å². The van der Waals surface area contributed by atoms with Gasteiger partial charge in [-0.1, -0.05) is 42.8 Å². The number of fused-ring (bicyclic) bond motifs is 1. The molecule has 0 aliphatic carbocycles. The second-order valence-electron chi connectivity index (χ2n) is 5.07. The molecule has 6 heteroatoms. The first-order valence-corrected chi connectivity index (χ1v) is 7.28. The maximum Gasteiger partial charge on any atom is 0.241 e. The molecule has 112 valence electrons. The minimum atomic E-state index is 0.0317. The molecule has 0 fully saturated rings. The fraction of sp³-hybridized carbons (Fsp3) is 0.400. The standard InChI is InChI=1S/C15H19ClN4O/c1-4-9-20(10-13(21)19(2)3)15-12-8-6-5-7-11(12)14(16)17-18-15/h5-8H,4,9-10H2,1-3H3. The number of nitrogens with zero attached hydrogens (tertiary/aromatic N) is 4. The summed E-state index contributed by atoms with van der Waals surface area (Å²) in [5.41, 5.74) is 0. The van der Waals surface area contributed by atoms with Gasteiger partial charge in [0, 0.05) is 31.4 Å². The summed E-state index contributed by atoms with van der Waals surface area (Å²) in [4.78, 5) is 15.5. The highest BCUT2D eigenvalue weighted by Crippen LogP contribution is 2.28. The monoisotopic (exact) mass is 306 g/mol. The summed E-state index contributed by atoms with van der Waals surface area (Å²) in [6, 6.07) is 7.71. The Labute approximate surface area is 129 Å². The molecule has 1 aromatic heterocycles. The molecule has 0 radical (unpaired) electrons. The third kappa shape index (κ3) is 3.42. The number of carbonyl (C=O) groups excluding carboxylic acids is 1. The van der Waals surface area contributed by atoms with Gasteiger partial charge in [-0.15, -0.1) is 10.2 Å². The molecule has 1 heterocycles. The summed E-state index contributed by atoms with van der Waals surface area (Å²) in [5, 5.41) is 10.4. The van der Waals surface area contributed by atoms with Crippen LogP contribution >= 0.6 is 11.6 Å². The van der Waals surface area contributed by atoms with Gasteiger partial charge in [0.05, 0.1) is 6.54 Å². The summed E-state index contributed by atoms with van der Waals surface area (Å²) in [7, 11) is 3.50. The third-order valence-corrected chi connectivity index (χ3v) is 3.52. The molecule has 2 rings (SSSR count). The average molecular weight is 307 g/mol. The number of aromatic nitrogens is 2.